The lowest BCUT2D eigenvalue weighted by Crippen LogP contribution is -2.29. The number of ether oxygens (including phenoxy) is 1. The summed E-state index contributed by atoms with van der Waals surface area (Å²) in [6.45, 7) is 4.41. The van der Waals surface area contributed by atoms with E-state index < -0.39 is 23.7 Å². The molecule has 1 atom stereocenters. The number of pyridine rings is 1. The molecule has 3 aromatic rings. The van der Waals surface area contributed by atoms with Crippen molar-refractivity contribution in [2.75, 3.05) is 6.61 Å². The monoisotopic (exact) mass is 484 g/mol. The van der Waals surface area contributed by atoms with Gasteiger partial charge in [0, 0.05) is 24.5 Å². The van der Waals surface area contributed by atoms with E-state index in [9.17, 15) is 19.5 Å². The first-order valence-electron chi connectivity index (χ1n) is 12.0. The quantitative estimate of drug-likeness (QED) is 0.213. The number of benzene rings is 2. The van der Waals surface area contributed by atoms with Crippen LogP contribution in [0.1, 0.15) is 58.9 Å². The lowest BCUT2D eigenvalue weighted by atomic mass is 9.95. The predicted molar refractivity (Wildman–Crippen MR) is 135 cm³/mol. The number of aromatic nitrogens is 1. The highest BCUT2D eigenvalue weighted by Crippen LogP contribution is 2.40. The van der Waals surface area contributed by atoms with Crippen molar-refractivity contribution in [2.45, 2.75) is 39.3 Å². The van der Waals surface area contributed by atoms with E-state index in [1.165, 1.54) is 4.90 Å². The number of hydrogen-bond donors (Lipinski definition) is 1. The Morgan fingerprint density at radius 2 is 1.64 bits per heavy atom. The molecule has 2 heterocycles. The third-order valence-electron chi connectivity index (χ3n) is 6.16. The number of carbonyl (C=O) groups excluding carboxylic acids is 3. The van der Waals surface area contributed by atoms with Gasteiger partial charge >= 0.3 is 5.97 Å². The van der Waals surface area contributed by atoms with Crippen LogP contribution in [0.2, 0.25) is 0 Å². The summed E-state index contributed by atoms with van der Waals surface area (Å²) in [5.74, 6) is -2.09. The number of aliphatic hydroxyl groups is 1. The molecule has 1 aliphatic rings. The fourth-order valence-corrected chi connectivity index (χ4v) is 4.20. The second-order valence-corrected chi connectivity index (χ2v) is 8.60. The molecule has 36 heavy (non-hydrogen) atoms. The maximum Gasteiger partial charge on any atom is 0.338 e. The highest BCUT2D eigenvalue weighted by molar-refractivity contribution is 6.46. The van der Waals surface area contributed by atoms with Gasteiger partial charge in [0.15, 0.2) is 0 Å². The lowest BCUT2D eigenvalue weighted by molar-refractivity contribution is -0.140. The molecule has 0 spiro atoms. The van der Waals surface area contributed by atoms with Crippen molar-refractivity contribution in [1.82, 2.24) is 9.88 Å². The zero-order valence-electron chi connectivity index (χ0n) is 20.3. The Hall–Kier alpha value is -4.26. The number of aryl methyl sites for hydroxylation is 1. The molecule has 0 saturated carbocycles. The first-order chi connectivity index (χ1) is 17.4. The Morgan fingerprint density at radius 3 is 2.25 bits per heavy atom. The van der Waals surface area contributed by atoms with E-state index in [4.69, 9.17) is 4.74 Å². The molecule has 1 N–H and O–H groups in total. The third kappa shape index (κ3) is 5.05. The van der Waals surface area contributed by atoms with Crippen LogP contribution in [-0.4, -0.2) is 39.3 Å². The molecule has 0 radical (unpaired) electrons. The third-order valence-corrected chi connectivity index (χ3v) is 6.16. The number of ketones is 1. The maximum atomic E-state index is 13.2. The van der Waals surface area contributed by atoms with Crippen LogP contribution in [0.15, 0.2) is 78.6 Å². The molecule has 7 heteroatoms. The molecule has 2 aromatic carbocycles. The first-order valence-corrected chi connectivity index (χ1v) is 12.0. The van der Waals surface area contributed by atoms with Crippen LogP contribution in [0, 0.1) is 0 Å². The van der Waals surface area contributed by atoms with Gasteiger partial charge in [0.25, 0.3) is 11.7 Å². The average molecular weight is 485 g/mol. The number of nitrogens with zero attached hydrogens (tertiary/aromatic N) is 2. The maximum absolute atomic E-state index is 13.2. The minimum absolute atomic E-state index is 0.0250. The van der Waals surface area contributed by atoms with Crippen LogP contribution >= 0.6 is 0 Å². The van der Waals surface area contributed by atoms with Crippen molar-refractivity contribution in [3.8, 4) is 0 Å². The molecular weight excluding hydrogens is 456 g/mol. The van der Waals surface area contributed by atoms with Crippen molar-refractivity contribution < 1.29 is 24.2 Å². The van der Waals surface area contributed by atoms with Crippen LogP contribution in [0.5, 0.6) is 0 Å². The number of carbonyl (C=O) groups is 3. The summed E-state index contributed by atoms with van der Waals surface area (Å²) in [5, 5.41) is 11.2. The fraction of sp³-hybridized carbons (Fsp3) is 0.241. The van der Waals surface area contributed by atoms with Crippen LogP contribution in [-0.2, 0) is 27.3 Å². The van der Waals surface area contributed by atoms with Crippen molar-refractivity contribution >= 4 is 23.4 Å². The molecule has 1 aromatic heterocycles. The number of esters is 1. The lowest BCUT2D eigenvalue weighted by Gasteiger charge is -2.25. The largest absolute Gasteiger partial charge is 0.507 e. The highest BCUT2D eigenvalue weighted by atomic mass is 16.5. The summed E-state index contributed by atoms with van der Waals surface area (Å²) >= 11 is 0. The molecule has 1 saturated heterocycles. The zero-order chi connectivity index (χ0) is 25.7. The summed E-state index contributed by atoms with van der Waals surface area (Å²) in [4.78, 5) is 44.0. The molecule has 7 nitrogen and oxygen atoms in total. The topological polar surface area (TPSA) is 96.8 Å². The van der Waals surface area contributed by atoms with Gasteiger partial charge in [0.2, 0.25) is 0 Å². The van der Waals surface area contributed by atoms with Gasteiger partial charge in [-0.05, 0) is 47.7 Å². The van der Waals surface area contributed by atoms with E-state index in [1.807, 2.05) is 26.0 Å². The second-order valence-electron chi connectivity index (χ2n) is 8.60. The Kier molecular flexibility index (Phi) is 7.59. The first kappa shape index (κ1) is 24.9. The van der Waals surface area contributed by atoms with E-state index in [0.29, 0.717) is 23.3 Å². The van der Waals surface area contributed by atoms with E-state index in [-0.39, 0.29) is 17.9 Å². The molecule has 1 aliphatic heterocycles. The molecule has 1 amide bonds. The summed E-state index contributed by atoms with van der Waals surface area (Å²) in [5.41, 5.74) is 3.34. The summed E-state index contributed by atoms with van der Waals surface area (Å²) in [6.07, 6.45) is 4.77. The molecule has 0 aliphatic carbocycles. The van der Waals surface area contributed by atoms with Gasteiger partial charge in [-0.15, -0.1) is 0 Å². The SMILES string of the molecule is CCCOC(=O)c1ccc(CN2C(=O)C(=O)/C(=C(/O)c3ccc(CC)cc3)C2c2cccnc2)cc1. The number of aliphatic hydroxyl groups excluding tert-OH is 1. The van der Waals surface area contributed by atoms with Gasteiger partial charge in [0.1, 0.15) is 5.76 Å². The van der Waals surface area contributed by atoms with Crippen molar-refractivity contribution in [1.29, 1.82) is 0 Å². The van der Waals surface area contributed by atoms with Crippen molar-refractivity contribution in [3.05, 3.63) is 106 Å². The average Bonchev–Trinajstić information content (AvgIpc) is 3.17. The standard InChI is InChI=1S/C29H28N2O5/c1-3-16-36-29(35)22-13-9-20(10-14-22)18-31-25(23-6-5-15-30-17-23)24(27(33)28(31)34)26(32)21-11-7-19(4-2)8-12-21/h5-15,17,25,32H,3-4,16,18H2,1-2H3/b26-24+. The van der Waals surface area contributed by atoms with E-state index in [2.05, 4.69) is 4.98 Å². The smallest absolute Gasteiger partial charge is 0.338 e. The number of amides is 1. The van der Waals surface area contributed by atoms with Gasteiger partial charge in [0.05, 0.1) is 23.8 Å². The van der Waals surface area contributed by atoms with E-state index in [0.717, 1.165) is 24.0 Å². The Morgan fingerprint density at radius 1 is 0.972 bits per heavy atom. The van der Waals surface area contributed by atoms with Gasteiger partial charge < -0.3 is 14.7 Å². The van der Waals surface area contributed by atoms with Crippen molar-refractivity contribution in [3.63, 3.8) is 0 Å². The van der Waals surface area contributed by atoms with E-state index >= 15 is 0 Å². The minimum Gasteiger partial charge on any atom is -0.507 e. The Labute approximate surface area is 210 Å². The molecule has 184 valence electrons. The van der Waals surface area contributed by atoms with Gasteiger partial charge in [-0.1, -0.05) is 56.3 Å². The molecule has 1 unspecified atom stereocenters. The summed E-state index contributed by atoms with van der Waals surface area (Å²) in [7, 11) is 0. The second kappa shape index (κ2) is 11.0. The number of likely N-dealkylation sites (tertiary alicyclic amines) is 1. The summed E-state index contributed by atoms with van der Waals surface area (Å²) < 4.78 is 5.16. The molecule has 4 rings (SSSR count). The van der Waals surface area contributed by atoms with Crippen molar-refractivity contribution in [2.24, 2.45) is 0 Å². The Balaban J connectivity index is 1.70. The Bertz CT molecular complexity index is 1280. The minimum atomic E-state index is -0.807. The van der Waals surface area contributed by atoms with Crippen LogP contribution in [0.3, 0.4) is 0 Å². The fourth-order valence-electron chi connectivity index (χ4n) is 4.20. The van der Waals surface area contributed by atoms with Crippen LogP contribution < -0.4 is 0 Å². The van der Waals surface area contributed by atoms with Crippen LogP contribution in [0.25, 0.3) is 5.76 Å². The number of rotatable bonds is 8. The highest BCUT2D eigenvalue weighted by Gasteiger charge is 2.46. The predicted octanol–water partition coefficient (Wildman–Crippen LogP) is 4.83. The van der Waals surface area contributed by atoms with Crippen LogP contribution in [0.4, 0.5) is 0 Å². The molecule has 1 fully saturated rings. The summed E-state index contributed by atoms with van der Waals surface area (Å²) in [6, 6.07) is 16.7. The normalized spacial score (nSPS) is 16.8. The number of Topliss-reactive ketones (excluding diaryl/α,β-unsaturated/α-hetero) is 1. The molecule has 0 bridgehead atoms. The zero-order valence-corrected chi connectivity index (χ0v) is 20.3. The van der Waals surface area contributed by atoms with Gasteiger partial charge in [-0.25, -0.2) is 4.79 Å². The number of hydrogen-bond acceptors (Lipinski definition) is 6. The molecular formula is C29H28N2O5. The van der Waals surface area contributed by atoms with E-state index in [1.54, 1.807) is 60.9 Å². The van der Waals surface area contributed by atoms with Gasteiger partial charge in [-0.2, -0.15) is 0 Å². The van der Waals surface area contributed by atoms with Gasteiger partial charge in [-0.3, -0.25) is 14.6 Å².